The number of hydrogen-bond donors (Lipinski definition) is 1. The van der Waals surface area contributed by atoms with E-state index in [-0.39, 0.29) is 5.91 Å². The molecule has 1 N–H and O–H groups in total. The Bertz CT molecular complexity index is 304. The fourth-order valence-corrected chi connectivity index (χ4v) is 1.60. The molecule has 1 aromatic rings. The van der Waals surface area contributed by atoms with Crippen LogP contribution in [-0.2, 0) is 0 Å². The molecule has 14 heavy (non-hydrogen) atoms. The highest BCUT2D eigenvalue weighted by atomic mass is 16.2. The Labute approximate surface area is 83.7 Å². The van der Waals surface area contributed by atoms with E-state index in [0.29, 0.717) is 0 Å². The predicted molar refractivity (Wildman–Crippen MR) is 54.7 cm³/mol. The maximum atomic E-state index is 11.9. The second-order valence-corrected chi connectivity index (χ2v) is 3.44. The second-order valence-electron chi connectivity index (χ2n) is 3.44. The van der Waals surface area contributed by atoms with E-state index in [2.05, 4.69) is 5.43 Å². The van der Waals surface area contributed by atoms with E-state index in [4.69, 9.17) is 0 Å². The summed E-state index contributed by atoms with van der Waals surface area (Å²) < 4.78 is 0. The smallest absolute Gasteiger partial charge is 0.267 e. The van der Waals surface area contributed by atoms with Crippen LogP contribution in [0.3, 0.4) is 0 Å². The summed E-state index contributed by atoms with van der Waals surface area (Å²) in [5.41, 5.74) is 3.85. The summed E-state index contributed by atoms with van der Waals surface area (Å²) >= 11 is 0. The van der Waals surface area contributed by atoms with Gasteiger partial charge in [-0.15, -0.1) is 0 Å². The molecule has 1 amide bonds. The molecule has 1 aliphatic rings. The molecule has 0 unspecified atom stereocenters. The largest absolute Gasteiger partial charge is 0.274 e. The topological polar surface area (TPSA) is 32.3 Å². The van der Waals surface area contributed by atoms with Crippen molar-refractivity contribution in [1.82, 2.24) is 10.4 Å². The first-order valence-electron chi connectivity index (χ1n) is 4.98. The van der Waals surface area contributed by atoms with Crippen molar-refractivity contribution in [2.45, 2.75) is 12.8 Å². The van der Waals surface area contributed by atoms with E-state index >= 15 is 0 Å². The minimum absolute atomic E-state index is 0.0744. The van der Waals surface area contributed by atoms with Crippen molar-refractivity contribution in [2.24, 2.45) is 0 Å². The molecule has 0 saturated carbocycles. The van der Waals surface area contributed by atoms with Crippen molar-refractivity contribution in [3.63, 3.8) is 0 Å². The highest BCUT2D eigenvalue weighted by Crippen LogP contribution is 2.06. The van der Waals surface area contributed by atoms with Gasteiger partial charge in [0.25, 0.3) is 5.91 Å². The van der Waals surface area contributed by atoms with Gasteiger partial charge in [0.1, 0.15) is 0 Å². The Morgan fingerprint density at radius 1 is 1.21 bits per heavy atom. The van der Waals surface area contributed by atoms with E-state index in [9.17, 15) is 4.79 Å². The van der Waals surface area contributed by atoms with E-state index < -0.39 is 0 Å². The molecule has 1 heterocycles. The van der Waals surface area contributed by atoms with E-state index in [1.807, 2.05) is 30.3 Å². The van der Waals surface area contributed by atoms with Crippen molar-refractivity contribution < 1.29 is 4.79 Å². The van der Waals surface area contributed by atoms with Crippen LogP contribution in [0.1, 0.15) is 23.2 Å². The van der Waals surface area contributed by atoms with E-state index in [1.54, 1.807) is 5.01 Å². The van der Waals surface area contributed by atoms with Crippen LogP contribution in [0.2, 0.25) is 0 Å². The second kappa shape index (κ2) is 4.24. The number of amides is 1. The molecule has 1 aliphatic heterocycles. The monoisotopic (exact) mass is 190 g/mol. The van der Waals surface area contributed by atoms with Gasteiger partial charge >= 0.3 is 0 Å². The molecule has 0 spiro atoms. The molecule has 0 aromatic heterocycles. The number of nitrogens with zero attached hydrogens (tertiary/aromatic N) is 1. The average Bonchev–Trinajstić information content (AvgIpc) is 2.30. The van der Waals surface area contributed by atoms with Gasteiger partial charge in [-0.1, -0.05) is 18.2 Å². The zero-order chi connectivity index (χ0) is 9.80. The maximum Gasteiger partial charge on any atom is 0.267 e. The fraction of sp³-hybridized carbons (Fsp3) is 0.364. The standard InChI is InChI=1S/C11H14N2O/c14-11(10-6-2-1-3-7-10)13-9-5-4-8-12-13/h1-3,6-7,12H,4-5,8-9H2. The number of nitrogens with one attached hydrogen (secondary N) is 1. The molecular formula is C11H14N2O. The molecule has 1 aromatic carbocycles. The zero-order valence-electron chi connectivity index (χ0n) is 8.07. The Balaban J connectivity index is 2.07. The number of benzene rings is 1. The van der Waals surface area contributed by atoms with Crippen LogP contribution in [0.25, 0.3) is 0 Å². The van der Waals surface area contributed by atoms with Gasteiger partial charge in [-0.25, -0.2) is 5.43 Å². The van der Waals surface area contributed by atoms with Crippen molar-refractivity contribution in [1.29, 1.82) is 0 Å². The third-order valence-electron chi connectivity index (χ3n) is 2.38. The van der Waals surface area contributed by atoms with Crippen LogP contribution in [0, 0.1) is 0 Å². The zero-order valence-corrected chi connectivity index (χ0v) is 8.07. The first kappa shape index (κ1) is 9.21. The van der Waals surface area contributed by atoms with Gasteiger partial charge in [-0.3, -0.25) is 9.80 Å². The first-order chi connectivity index (χ1) is 6.88. The molecule has 3 heteroatoms. The number of carbonyl (C=O) groups is 1. The first-order valence-corrected chi connectivity index (χ1v) is 4.98. The number of hydrogen-bond acceptors (Lipinski definition) is 2. The lowest BCUT2D eigenvalue weighted by Crippen LogP contribution is -2.46. The minimum Gasteiger partial charge on any atom is -0.274 e. The highest BCUT2D eigenvalue weighted by Gasteiger charge is 2.16. The molecule has 0 radical (unpaired) electrons. The van der Waals surface area contributed by atoms with Crippen LogP contribution in [0.15, 0.2) is 30.3 Å². The molecule has 1 fully saturated rings. The predicted octanol–water partition coefficient (Wildman–Crippen LogP) is 1.43. The summed E-state index contributed by atoms with van der Waals surface area (Å²) in [5.74, 6) is 0.0744. The number of rotatable bonds is 1. The molecule has 0 aliphatic carbocycles. The summed E-state index contributed by atoms with van der Waals surface area (Å²) in [6.45, 7) is 1.71. The minimum atomic E-state index is 0.0744. The van der Waals surface area contributed by atoms with Gasteiger partial charge in [0, 0.05) is 18.7 Å². The van der Waals surface area contributed by atoms with Gasteiger partial charge in [0.05, 0.1) is 0 Å². The summed E-state index contributed by atoms with van der Waals surface area (Å²) in [7, 11) is 0. The third kappa shape index (κ3) is 1.93. The van der Waals surface area contributed by atoms with Crippen LogP contribution >= 0.6 is 0 Å². The Morgan fingerprint density at radius 3 is 2.64 bits per heavy atom. The SMILES string of the molecule is O=C(c1ccccc1)N1CCCCN1. The van der Waals surface area contributed by atoms with Crippen molar-refractivity contribution in [3.05, 3.63) is 35.9 Å². The van der Waals surface area contributed by atoms with Crippen LogP contribution in [0.5, 0.6) is 0 Å². The lowest BCUT2D eigenvalue weighted by molar-refractivity contribution is 0.0611. The quantitative estimate of drug-likeness (QED) is 0.726. The molecule has 1 saturated heterocycles. The van der Waals surface area contributed by atoms with Crippen LogP contribution in [-0.4, -0.2) is 24.0 Å². The third-order valence-corrected chi connectivity index (χ3v) is 2.38. The number of carbonyl (C=O) groups excluding carboxylic acids is 1. The Morgan fingerprint density at radius 2 is 2.00 bits per heavy atom. The normalized spacial score (nSPS) is 16.7. The lowest BCUT2D eigenvalue weighted by atomic mass is 10.2. The lowest BCUT2D eigenvalue weighted by Gasteiger charge is -2.27. The molecule has 74 valence electrons. The van der Waals surface area contributed by atoms with Crippen LogP contribution < -0.4 is 5.43 Å². The average molecular weight is 190 g/mol. The summed E-state index contributed by atoms with van der Waals surface area (Å²) in [6, 6.07) is 9.38. The number of hydrazine groups is 1. The van der Waals surface area contributed by atoms with Gasteiger partial charge in [0.2, 0.25) is 0 Å². The van der Waals surface area contributed by atoms with E-state index in [0.717, 1.165) is 31.5 Å². The molecule has 0 atom stereocenters. The summed E-state index contributed by atoms with van der Waals surface area (Å²) in [5, 5.41) is 1.71. The molecule has 3 nitrogen and oxygen atoms in total. The van der Waals surface area contributed by atoms with Gasteiger partial charge < -0.3 is 0 Å². The van der Waals surface area contributed by atoms with Crippen LogP contribution in [0.4, 0.5) is 0 Å². The van der Waals surface area contributed by atoms with Crippen molar-refractivity contribution in [2.75, 3.05) is 13.1 Å². The Hall–Kier alpha value is -1.35. The molecule has 2 rings (SSSR count). The van der Waals surface area contributed by atoms with Gasteiger partial charge in [0.15, 0.2) is 0 Å². The summed E-state index contributed by atoms with van der Waals surface area (Å²) in [6.07, 6.45) is 2.24. The maximum absolute atomic E-state index is 11.9. The van der Waals surface area contributed by atoms with Crippen molar-refractivity contribution >= 4 is 5.91 Å². The Kier molecular flexibility index (Phi) is 2.79. The van der Waals surface area contributed by atoms with Gasteiger partial charge in [-0.2, -0.15) is 0 Å². The van der Waals surface area contributed by atoms with Crippen molar-refractivity contribution in [3.8, 4) is 0 Å². The highest BCUT2D eigenvalue weighted by molar-refractivity contribution is 5.93. The van der Waals surface area contributed by atoms with Gasteiger partial charge in [-0.05, 0) is 25.0 Å². The fourth-order valence-electron chi connectivity index (χ4n) is 1.60. The van der Waals surface area contributed by atoms with E-state index in [1.165, 1.54) is 0 Å². The molecular weight excluding hydrogens is 176 g/mol. The summed E-state index contributed by atoms with van der Waals surface area (Å²) in [4.78, 5) is 11.9. The molecule has 0 bridgehead atoms.